The van der Waals surface area contributed by atoms with Crippen molar-refractivity contribution in [2.24, 2.45) is 5.41 Å². The van der Waals surface area contributed by atoms with Gasteiger partial charge in [0.05, 0.1) is 13.0 Å². The van der Waals surface area contributed by atoms with Gasteiger partial charge in [-0.1, -0.05) is 30.3 Å². The minimum Gasteiger partial charge on any atom is -0.384 e. The zero-order valence-corrected chi connectivity index (χ0v) is 15.0. The van der Waals surface area contributed by atoms with Gasteiger partial charge in [0, 0.05) is 32.0 Å². The number of benzene rings is 1. The van der Waals surface area contributed by atoms with Crippen LogP contribution in [0.4, 0.5) is 0 Å². The van der Waals surface area contributed by atoms with E-state index in [-0.39, 0.29) is 17.2 Å². The van der Waals surface area contributed by atoms with Crippen molar-refractivity contribution in [3.63, 3.8) is 0 Å². The van der Waals surface area contributed by atoms with Gasteiger partial charge in [-0.2, -0.15) is 0 Å². The molecule has 0 saturated carbocycles. The maximum Gasteiger partial charge on any atom is 0.224 e. The van der Waals surface area contributed by atoms with Gasteiger partial charge in [-0.05, 0) is 31.5 Å². The average Bonchev–Trinajstić information content (AvgIpc) is 2.62. The predicted octanol–water partition coefficient (Wildman–Crippen LogP) is 0.868. The van der Waals surface area contributed by atoms with Crippen LogP contribution in [-0.4, -0.2) is 51.7 Å². The Balaban J connectivity index is 1.65. The fourth-order valence-electron chi connectivity index (χ4n) is 3.17. The van der Waals surface area contributed by atoms with E-state index in [9.17, 15) is 9.59 Å². The van der Waals surface area contributed by atoms with Crippen molar-refractivity contribution < 1.29 is 14.3 Å². The second-order valence-corrected chi connectivity index (χ2v) is 6.72. The topological polar surface area (TPSA) is 79.5 Å². The van der Waals surface area contributed by atoms with Crippen molar-refractivity contribution >= 4 is 11.8 Å². The summed E-state index contributed by atoms with van der Waals surface area (Å²) in [6.07, 6.45) is 2.62. The molecule has 25 heavy (non-hydrogen) atoms. The number of carbonyl (C=O) groups is 2. The molecule has 2 amide bonds. The Hall–Kier alpha value is -1.92. The molecule has 1 aromatic carbocycles. The van der Waals surface area contributed by atoms with Gasteiger partial charge in [0.15, 0.2) is 0 Å². The predicted molar refractivity (Wildman–Crippen MR) is 97.2 cm³/mol. The van der Waals surface area contributed by atoms with Crippen LogP contribution in [0, 0.1) is 5.41 Å². The molecule has 1 aliphatic rings. The molecule has 0 aliphatic carbocycles. The van der Waals surface area contributed by atoms with Gasteiger partial charge in [-0.15, -0.1) is 0 Å². The molecule has 0 radical (unpaired) electrons. The lowest BCUT2D eigenvalue weighted by Crippen LogP contribution is -2.47. The Bertz CT molecular complexity index is 537. The zero-order chi connectivity index (χ0) is 18.0. The quantitative estimate of drug-likeness (QED) is 0.619. The summed E-state index contributed by atoms with van der Waals surface area (Å²) < 4.78 is 5.35. The monoisotopic (exact) mass is 347 g/mol. The SMILES string of the molecule is COCC1(CNC(=O)CCNC(=O)Cc2ccccc2)CCNCC1. The van der Waals surface area contributed by atoms with Crippen LogP contribution >= 0.6 is 0 Å². The summed E-state index contributed by atoms with van der Waals surface area (Å²) in [5.74, 6) is -0.0952. The van der Waals surface area contributed by atoms with Crippen molar-refractivity contribution in [1.82, 2.24) is 16.0 Å². The average molecular weight is 347 g/mol. The number of piperidine rings is 1. The molecular formula is C19H29N3O3. The van der Waals surface area contributed by atoms with Gasteiger partial charge in [0.2, 0.25) is 11.8 Å². The molecule has 1 heterocycles. The Morgan fingerprint density at radius 1 is 1.12 bits per heavy atom. The highest BCUT2D eigenvalue weighted by molar-refractivity contribution is 5.80. The molecule has 1 fully saturated rings. The van der Waals surface area contributed by atoms with Crippen molar-refractivity contribution in [3.05, 3.63) is 35.9 Å². The Morgan fingerprint density at radius 3 is 2.52 bits per heavy atom. The van der Waals surface area contributed by atoms with Crippen LogP contribution in [0.2, 0.25) is 0 Å². The normalized spacial score (nSPS) is 16.2. The number of nitrogens with one attached hydrogen (secondary N) is 3. The van der Waals surface area contributed by atoms with E-state index in [2.05, 4.69) is 16.0 Å². The molecule has 1 aliphatic heterocycles. The van der Waals surface area contributed by atoms with E-state index in [0.717, 1.165) is 31.5 Å². The van der Waals surface area contributed by atoms with Crippen LogP contribution in [0.1, 0.15) is 24.8 Å². The first kappa shape index (κ1) is 19.4. The lowest BCUT2D eigenvalue weighted by Gasteiger charge is -2.37. The second kappa shape index (κ2) is 10.2. The van der Waals surface area contributed by atoms with Crippen LogP contribution in [0.25, 0.3) is 0 Å². The van der Waals surface area contributed by atoms with E-state index in [4.69, 9.17) is 4.74 Å². The van der Waals surface area contributed by atoms with Crippen LogP contribution in [0.3, 0.4) is 0 Å². The molecule has 2 rings (SSSR count). The summed E-state index contributed by atoms with van der Waals surface area (Å²) in [6, 6.07) is 9.57. The van der Waals surface area contributed by atoms with Gasteiger partial charge in [-0.3, -0.25) is 9.59 Å². The Kier molecular flexibility index (Phi) is 7.88. The van der Waals surface area contributed by atoms with Crippen molar-refractivity contribution in [3.8, 4) is 0 Å². The van der Waals surface area contributed by atoms with Crippen LogP contribution in [-0.2, 0) is 20.7 Å². The number of rotatable bonds is 9. The highest BCUT2D eigenvalue weighted by Gasteiger charge is 2.32. The second-order valence-electron chi connectivity index (χ2n) is 6.72. The molecule has 0 bridgehead atoms. The van der Waals surface area contributed by atoms with E-state index < -0.39 is 0 Å². The fourth-order valence-corrected chi connectivity index (χ4v) is 3.17. The summed E-state index contributed by atoms with van der Waals surface area (Å²) in [4.78, 5) is 23.9. The van der Waals surface area contributed by atoms with E-state index in [0.29, 0.717) is 32.5 Å². The van der Waals surface area contributed by atoms with E-state index in [1.165, 1.54) is 0 Å². The molecule has 0 aromatic heterocycles. The molecule has 138 valence electrons. The summed E-state index contributed by atoms with van der Waals surface area (Å²) in [5.41, 5.74) is 0.989. The number of amides is 2. The largest absolute Gasteiger partial charge is 0.384 e. The van der Waals surface area contributed by atoms with Gasteiger partial charge in [0.1, 0.15) is 0 Å². The number of hydrogen-bond donors (Lipinski definition) is 3. The summed E-state index contributed by atoms with van der Waals surface area (Å²) in [6.45, 7) is 3.54. The third kappa shape index (κ3) is 6.84. The Labute approximate surface area is 149 Å². The first-order valence-corrected chi connectivity index (χ1v) is 8.90. The first-order chi connectivity index (χ1) is 12.1. The van der Waals surface area contributed by atoms with Crippen molar-refractivity contribution in [2.45, 2.75) is 25.7 Å². The maximum atomic E-state index is 12.1. The molecular weight excluding hydrogens is 318 g/mol. The Morgan fingerprint density at radius 2 is 1.84 bits per heavy atom. The van der Waals surface area contributed by atoms with Crippen molar-refractivity contribution in [2.75, 3.05) is 39.9 Å². The van der Waals surface area contributed by atoms with Gasteiger partial charge in [-0.25, -0.2) is 0 Å². The standard InChI is InChI=1S/C19H29N3O3/c1-25-15-19(8-11-20-12-9-19)14-22-17(23)7-10-21-18(24)13-16-5-3-2-4-6-16/h2-6,20H,7-15H2,1H3,(H,21,24)(H,22,23). The number of hydrogen-bond acceptors (Lipinski definition) is 4. The number of methoxy groups -OCH3 is 1. The number of ether oxygens (including phenoxy) is 1. The molecule has 0 unspecified atom stereocenters. The zero-order valence-electron chi connectivity index (χ0n) is 15.0. The maximum absolute atomic E-state index is 12.1. The molecule has 0 spiro atoms. The van der Waals surface area contributed by atoms with Crippen LogP contribution < -0.4 is 16.0 Å². The van der Waals surface area contributed by atoms with E-state index >= 15 is 0 Å². The molecule has 0 atom stereocenters. The third-order valence-corrected chi connectivity index (χ3v) is 4.66. The van der Waals surface area contributed by atoms with Crippen LogP contribution in [0.15, 0.2) is 30.3 Å². The minimum atomic E-state index is -0.0618. The first-order valence-electron chi connectivity index (χ1n) is 8.90. The van der Waals surface area contributed by atoms with Crippen LogP contribution in [0.5, 0.6) is 0 Å². The highest BCUT2D eigenvalue weighted by atomic mass is 16.5. The smallest absolute Gasteiger partial charge is 0.224 e. The molecule has 1 aromatic rings. The lowest BCUT2D eigenvalue weighted by atomic mass is 9.79. The summed E-state index contributed by atoms with van der Waals surface area (Å²) in [7, 11) is 1.70. The summed E-state index contributed by atoms with van der Waals surface area (Å²) >= 11 is 0. The molecule has 6 heteroatoms. The van der Waals surface area contributed by atoms with Gasteiger partial charge >= 0.3 is 0 Å². The third-order valence-electron chi connectivity index (χ3n) is 4.66. The molecule has 1 saturated heterocycles. The van der Waals surface area contributed by atoms with Gasteiger partial charge in [0.25, 0.3) is 0 Å². The minimum absolute atomic E-state index is 0.0201. The van der Waals surface area contributed by atoms with E-state index in [1.54, 1.807) is 7.11 Å². The van der Waals surface area contributed by atoms with Crippen molar-refractivity contribution in [1.29, 1.82) is 0 Å². The van der Waals surface area contributed by atoms with Gasteiger partial charge < -0.3 is 20.7 Å². The molecule has 3 N–H and O–H groups in total. The van der Waals surface area contributed by atoms with E-state index in [1.807, 2.05) is 30.3 Å². The fraction of sp³-hybridized carbons (Fsp3) is 0.579. The number of carbonyl (C=O) groups excluding carboxylic acids is 2. The summed E-state index contributed by atoms with van der Waals surface area (Å²) in [5, 5.41) is 9.14. The molecule has 6 nitrogen and oxygen atoms in total. The lowest BCUT2D eigenvalue weighted by molar-refractivity contribution is -0.122. The highest BCUT2D eigenvalue weighted by Crippen LogP contribution is 2.28.